The zero-order chi connectivity index (χ0) is 22.5. The highest BCUT2D eigenvalue weighted by Gasteiger charge is 2.24. The van der Waals surface area contributed by atoms with E-state index in [0.717, 1.165) is 5.56 Å². The Morgan fingerprint density at radius 3 is 2.44 bits per heavy atom. The summed E-state index contributed by atoms with van der Waals surface area (Å²) in [6.07, 6.45) is 1.62. The van der Waals surface area contributed by atoms with E-state index in [1.165, 1.54) is 0 Å². The molecule has 6 nitrogen and oxygen atoms in total. The standard InChI is InChI=1S/C25H18INO5/c1-2-30-21-15-16(13-19(26)22(21)31-24(28)18-11-7-4-8-12-18)14-20-25(29)32-23(27-20)17-9-5-3-6-10-17/h3-15H,2H2,1H3/b20-14-. The molecule has 0 bridgehead atoms. The van der Waals surface area contributed by atoms with Crippen molar-refractivity contribution in [2.45, 2.75) is 6.92 Å². The zero-order valence-electron chi connectivity index (χ0n) is 17.1. The van der Waals surface area contributed by atoms with Gasteiger partial charge in [-0.3, -0.25) is 0 Å². The molecule has 0 aromatic heterocycles. The van der Waals surface area contributed by atoms with Crippen LogP contribution in [0.5, 0.6) is 11.5 Å². The Kier molecular flexibility index (Phi) is 6.65. The average Bonchev–Trinajstić information content (AvgIpc) is 3.17. The second-order valence-electron chi connectivity index (χ2n) is 6.72. The minimum Gasteiger partial charge on any atom is -0.490 e. The molecule has 3 aromatic carbocycles. The molecule has 3 aromatic rings. The van der Waals surface area contributed by atoms with Gasteiger partial charge in [-0.05, 0) is 77.6 Å². The fourth-order valence-corrected chi connectivity index (χ4v) is 3.77. The van der Waals surface area contributed by atoms with Crippen LogP contribution in [0.25, 0.3) is 6.08 Å². The molecule has 0 fully saturated rings. The molecular weight excluding hydrogens is 521 g/mol. The van der Waals surface area contributed by atoms with Gasteiger partial charge in [-0.2, -0.15) is 0 Å². The summed E-state index contributed by atoms with van der Waals surface area (Å²) >= 11 is 2.07. The fourth-order valence-electron chi connectivity index (χ4n) is 3.03. The van der Waals surface area contributed by atoms with Gasteiger partial charge in [0, 0.05) is 5.56 Å². The molecule has 1 aliphatic heterocycles. The molecule has 1 aliphatic rings. The first-order valence-electron chi connectivity index (χ1n) is 9.86. The Morgan fingerprint density at radius 1 is 1.06 bits per heavy atom. The minimum atomic E-state index is -0.531. The van der Waals surface area contributed by atoms with Crippen LogP contribution in [0.15, 0.2) is 83.5 Å². The summed E-state index contributed by atoms with van der Waals surface area (Å²) in [5.74, 6) is -0.0291. The lowest BCUT2D eigenvalue weighted by molar-refractivity contribution is -0.129. The van der Waals surface area contributed by atoms with Gasteiger partial charge in [-0.25, -0.2) is 14.6 Å². The third kappa shape index (κ3) is 4.88. The molecule has 1 heterocycles. The molecule has 32 heavy (non-hydrogen) atoms. The molecule has 0 saturated heterocycles. The predicted octanol–water partition coefficient (Wildman–Crippen LogP) is 5.25. The number of nitrogens with zero attached hydrogens (tertiary/aromatic N) is 1. The Balaban J connectivity index is 1.65. The Hall–Kier alpha value is -3.46. The van der Waals surface area contributed by atoms with Gasteiger partial charge in [0.2, 0.25) is 5.90 Å². The van der Waals surface area contributed by atoms with Crippen molar-refractivity contribution in [2.24, 2.45) is 4.99 Å². The molecule has 4 rings (SSSR count). The molecule has 0 spiro atoms. The van der Waals surface area contributed by atoms with Crippen LogP contribution >= 0.6 is 22.6 Å². The smallest absolute Gasteiger partial charge is 0.363 e. The molecule has 0 N–H and O–H groups in total. The quantitative estimate of drug-likeness (QED) is 0.185. The first-order valence-corrected chi connectivity index (χ1v) is 10.9. The van der Waals surface area contributed by atoms with Crippen molar-refractivity contribution >= 4 is 46.5 Å². The number of aliphatic imine (C=N–C) groups is 1. The number of hydrogen-bond acceptors (Lipinski definition) is 6. The Morgan fingerprint density at radius 2 is 1.75 bits per heavy atom. The van der Waals surface area contributed by atoms with Gasteiger partial charge < -0.3 is 14.2 Å². The van der Waals surface area contributed by atoms with Crippen LogP contribution in [-0.2, 0) is 9.53 Å². The highest BCUT2D eigenvalue weighted by Crippen LogP contribution is 2.36. The molecule has 0 amide bonds. The maximum absolute atomic E-state index is 12.5. The van der Waals surface area contributed by atoms with Crippen molar-refractivity contribution in [3.05, 3.63) is 98.8 Å². The maximum atomic E-state index is 12.5. The van der Waals surface area contributed by atoms with Crippen LogP contribution in [0.1, 0.15) is 28.4 Å². The fraction of sp³-hybridized carbons (Fsp3) is 0.0800. The second-order valence-corrected chi connectivity index (χ2v) is 7.88. The van der Waals surface area contributed by atoms with Gasteiger partial charge in [0.1, 0.15) is 0 Å². The number of hydrogen-bond donors (Lipinski definition) is 0. The Labute approximate surface area is 198 Å². The van der Waals surface area contributed by atoms with Crippen molar-refractivity contribution < 1.29 is 23.8 Å². The number of carbonyl (C=O) groups excluding carboxylic acids is 2. The van der Waals surface area contributed by atoms with Crippen molar-refractivity contribution in [3.63, 3.8) is 0 Å². The number of carbonyl (C=O) groups is 2. The summed E-state index contributed by atoms with van der Waals surface area (Å²) in [4.78, 5) is 29.2. The number of rotatable bonds is 6. The van der Waals surface area contributed by atoms with E-state index in [1.54, 1.807) is 42.5 Å². The third-order valence-electron chi connectivity index (χ3n) is 4.48. The third-order valence-corrected chi connectivity index (χ3v) is 5.28. The monoisotopic (exact) mass is 539 g/mol. The summed E-state index contributed by atoms with van der Waals surface area (Å²) in [5.41, 5.74) is 2.00. The van der Waals surface area contributed by atoms with Gasteiger partial charge in [0.15, 0.2) is 17.2 Å². The van der Waals surface area contributed by atoms with E-state index in [9.17, 15) is 9.59 Å². The van der Waals surface area contributed by atoms with Crippen LogP contribution in [0.2, 0.25) is 0 Å². The van der Waals surface area contributed by atoms with E-state index >= 15 is 0 Å². The zero-order valence-corrected chi connectivity index (χ0v) is 19.2. The van der Waals surface area contributed by atoms with Crippen LogP contribution in [0, 0.1) is 3.57 Å². The molecule has 0 radical (unpaired) electrons. The molecule has 0 atom stereocenters. The van der Waals surface area contributed by atoms with Crippen molar-refractivity contribution in [1.82, 2.24) is 0 Å². The van der Waals surface area contributed by atoms with E-state index in [1.807, 2.05) is 43.3 Å². The number of esters is 2. The van der Waals surface area contributed by atoms with Gasteiger partial charge in [0.25, 0.3) is 0 Å². The first kappa shape index (κ1) is 21.8. The largest absolute Gasteiger partial charge is 0.490 e. The van der Waals surface area contributed by atoms with Crippen molar-refractivity contribution in [3.8, 4) is 11.5 Å². The average molecular weight is 539 g/mol. The highest BCUT2D eigenvalue weighted by molar-refractivity contribution is 14.1. The molecule has 0 unspecified atom stereocenters. The van der Waals surface area contributed by atoms with E-state index in [0.29, 0.717) is 32.8 Å². The van der Waals surface area contributed by atoms with Crippen LogP contribution < -0.4 is 9.47 Å². The summed E-state index contributed by atoms with van der Waals surface area (Å²) in [5, 5.41) is 0. The number of benzene rings is 3. The van der Waals surface area contributed by atoms with Gasteiger partial charge in [0.05, 0.1) is 15.7 Å². The first-order chi connectivity index (χ1) is 15.5. The minimum absolute atomic E-state index is 0.177. The molecule has 0 saturated carbocycles. The second kappa shape index (κ2) is 9.78. The highest BCUT2D eigenvalue weighted by atomic mass is 127. The lowest BCUT2D eigenvalue weighted by atomic mass is 10.1. The molecular formula is C25H18INO5. The van der Waals surface area contributed by atoms with E-state index in [4.69, 9.17) is 14.2 Å². The normalized spacial score (nSPS) is 14.1. The molecule has 0 aliphatic carbocycles. The molecule has 7 heteroatoms. The van der Waals surface area contributed by atoms with Crippen molar-refractivity contribution in [2.75, 3.05) is 6.61 Å². The van der Waals surface area contributed by atoms with Gasteiger partial charge in [-0.1, -0.05) is 36.4 Å². The molecule has 160 valence electrons. The van der Waals surface area contributed by atoms with Gasteiger partial charge >= 0.3 is 11.9 Å². The lowest BCUT2D eigenvalue weighted by Crippen LogP contribution is -2.10. The summed E-state index contributed by atoms with van der Waals surface area (Å²) in [6.45, 7) is 2.22. The van der Waals surface area contributed by atoms with Crippen LogP contribution in [0.3, 0.4) is 0 Å². The topological polar surface area (TPSA) is 74.2 Å². The van der Waals surface area contributed by atoms with E-state index in [-0.39, 0.29) is 11.6 Å². The SMILES string of the molecule is CCOc1cc(/C=C2\N=C(c3ccccc3)OC2=O)cc(I)c1OC(=O)c1ccccc1. The van der Waals surface area contributed by atoms with Crippen molar-refractivity contribution in [1.29, 1.82) is 0 Å². The van der Waals surface area contributed by atoms with Crippen LogP contribution in [0.4, 0.5) is 0 Å². The Bertz CT molecular complexity index is 1220. The lowest BCUT2D eigenvalue weighted by Gasteiger charge is -2.13. The summed E-state index contributed by atoms with van der Waals surface area (Å²) < 4.78 is 17.3. The number of halogens is 1. The predicted molar refractivity (Wildman–Crippen MR) is 129 cm³/mol. The van der Waals surface area contributed by atoms with Gasteiger partial charge in [-0.15, -0.1) is 0 Å². The summed E-state index contributed by atoms with van der Waals surface area (Å²) in [6, 6.07) is 21.4. The number of cyclic esters (lactones) is 1. The number of ether oxygens (including phenoxy) is 3. The van der Waals surface area contributed by atoms with E-state index in [2.05, 4.69) is 27.6 Å². The maximum Gasteiger partial charge on any atom is 0.363 e. The summed E-state index contributed by atoms with van der Waals surface area (Å²) in [7, 11) is 0. The van der Waals surface area contributed by atoms with E-state index < -0.39 is 11.9 Å². The van der Waals surface area contributed by atoms with Crippen LogP contribution in [-0.4, -0.2) is 24.4 Å².